The van der Waals surface area contributed by atoms with E-state index in [0.29, 0.717) is 31.8 Å². The van der Waals surface area contributed by atoms with Gasteiger partial charge in [0.25, 0.3) is 0 Å². The van der Waals surface area contributed by atoms with Gasteiger partial charge in [0.05, 0.1) is 10.2 Å². The smallest absolute Gasteiger partial charge is 0.245 e. The molecule has 26 heavy (non-hydrogen) atoms. The molecule has 3 atom stereocenters. The highest BCUT2D eigenvalue weighted by Crippen LogP contribution is 2.26. The number of hydrogen-bond donors (Lipinski definition) is 2. The Balaban J connectivity index is 1.39. The Morgan fingerprint density at radius 3 is 2.92 bits per heavy atom. The van der Waals surface area contributed by atoms with E-state index in [0.717, 1.165) is 10.5 Å². The molecule has 2 aliphatic rings. The van der Waals surface area contributed by atoms with E-state index in [-0.39, 0.29) is 29.9 Å². The number of rotatable bonds is 5. The molecule has 2 aromatic rings. The maximum absolute atomic E-state index is 12.7. The topological polar surface area (TPSA) is 74.3 Å². The first-order chi connectivity index (χ1) is 12.5. The number of para-hydroxylation sites is 1. The van der Waals surface area contributed by atoms with Crippen LogP contribution < -0.4 is 10.6 Å². The second-order valence-electron chi connectivity index (χ2n) is 7.59. The number of benzene rings is 1. The summed E-state index contributed by atoms with van der Waals surface area (Å²) < 4.78 is 1.18. The van der Waals surface area contributed by atoms with Crippen LogP contribution in [0.25, 0.3) is 10.2 Å². The highest BCUT2D eigenvalue weighted by Gasteiger charge is 2.46. The Bertz CT molecular complexity index is 801. The second kappa shape index (κ2) is 6.96. The van der Waals surface area contributed by atoms with Crippen LogP contribution in [0.15, 0.2) is 24.3 Å². The first kappa shape index (κ1) is 17.4. The Morgan fingerprint density at radius 2 is 2.15 bits per heavy atom. The first-order valence-corrected chi connectivity index (χ1v) is 10.0. The molecule has 2 N–H and O–H groups in total. The molecule has 0 unspecified atom stereocenters. The van der Waals surface area contributed by atoms with Crippen molar-refractivity contribution in [1.29, 1.82) is 0 Å². The van der Waals surface area contributed by atoms with Gasteiger partial charge < -0.3 is 15.5 Å². The van der Waals surface area contributed by atoms with Crippen LogP contribution in [0.1, 0.15) is 31.7 Å². The summed E-state index contributed by atoms with van der Waals surface area (Å²) in [5.41, 5.74) is 1.02. The number of carbonyl (C=O) groups is 2. The molecule has 2 fully saturated rings. The molecule has 0 saturated carbocycles. The van der Waals surface area contributed by atoms with Crippen molar-refractivity contribution in [3.05, 3.63) is 29.3 Å². The molecule has 6 nitrogen and oxygen atoms in total. The zero-order valence-corrected chi connectivity index (χ0v) is 15.9. The predicted molar refractivity (Wildman–Crippen MR) is 102 cm³/mol. The number of fused-ring (bicyclic) bond motifs is 2. The van der Waals surface area contributed by atoms with Gasteiger partial charge in [-0.15, -0.1) is 11.3 Å². The van der Waals surface area contributed by atoms with Crippen molar-refractivity contribution in [3.63, 3.8) is 0 Å². The van der Waals surface area contributed by atoms with Crippen LogP contribution in [-0.4, -0.2) is 46.4 Å². The Labute approximate surface area is 157 Å². The molecule has 0 aliphatic carbocycles. The van der Waals surface area contributed by atoms with Crippen LogP contribution in [0.2, 0.25) is 0 Å². The molecule has 2 aliphatic heterocycles. The van der Waals surface area contributed by atoms with E-state index in [1.807, 2.05) is 18.2 Å². The van der Waals surface area contributed by atoms with Crippen molar-refractivity contribution in [2.24, 2.45) is 5.92 Å². The zero-order chi connectivity index (χ0) is 18.3. The lowest BCUT2D eigenvalue weighted by atomic mass is 9.99. The molecule has 0 radical (unpaired) electrons. The van der Waals surface area contributed by atoms with Gasteiger partial charge >= 0.3 is 0 Å². The normalized spacial score (nSPS) is 25.8. The summed E-state index contributed by atoms with van der Waals surface area (Å²) in [5, 5.41) is 7.43. The fourth-order valence-electron chi connectivity index (χ4n) is 3.86. The van der Waals surface area contributed by atoms with E-state index in [2.05, 4.69) is 35.5 Å². The molecule has 3 heterocycles. The number of carbonyl (C=O) groups excluding carboxylic acids is 2. The first-order valence-electron chi connectivity index (χ1n) is 9.20. The van der Waals surface area contributed by atoms with Gasteiger partial charge in [0.1, 0.15) is 17.1 Å². The van der Waals surface area contributed by atoms with E-state index < -0.39 is 0 Å². The summed E-state index contributed by atoms with van der Waals surface area (Å²) in [6.07, 6.45) is 1.36. The number of nitrogens with zero attached hydrogens (tertiary/aromatic N) is 2. The quantitative estimate of drug-likeness (QED) is 0.841. The Morgan fingerprint density at radius 1 is 1.35 bits per heavy atom. The number of hydrogen-bond acceptors (Lipinski definition) is 5. The standard InChI is InChI=1S/C19H24N4O2S/c1-11(2)7-14-19(25)23-10-12(8-15(23)18(24)22-14)20-9-17-21-13-5-3-4-6-16(13)26-17/h3-6,11-12,14-15,20H,7-10H2,1-2H3,(H,22,24)/t12-,14-,15-/m0/s1. The molecule has 7 heteroatoms. The maximum atomic E-state index is 12.7. The van der Waals surface area contributed by atoms with E-state index in [1.165, 1.54) is 4.70 Å². The molecule has 2 saturated heterocycles. The number of amides is 2. The molecule has 1 aromatic heterocycles. The molecule has 1 aromatic carbocycles. The summed E-state index contributed by atoms with van der Waals surface area (Å²) in [5.74, 6) is 0.420. The number of nitrogens with one attached hydrogen (secondary N) is 2. The largest absolute Gasteiger partial charge is 0.342 e. The molecular formula is C19H24N4O2S. The molecule has 2 amide bonds. The van der Waals surface area contributed by atoms with E-state index >= 15 is 0 Å². The van der Waals surface area contributed by atoms with E-state index in [1.54, 1.807) is 16.2 Å². The van der Waals surface area contributed by atoms with Crippen LogP contribution in [0, 0.1) is 5.92 Å². The van der Waals surface area contributed by atoms with Gasteiger partial charge in [-0.1, -0.05) is 26.0 Å². The Kier molecular flexibility index (Phi) is 4.67. The van der Waals surface area contributed by atoms with Crippen molar-refractivity contribution in [3.8, 4) is 0 Å². The lowest BCUT2D eigenvalue weighted by Gasteiger charge is -2.35. The van der Waals surface area contributed by atoms with Crippen molar-refractivity contribution in [2.75, 3.05) is 6.54 Å². The van der Waals surface area contributed by atoms with Crippen molar-refractivity contribution >= 4 is 33.4 Å². The SMILES string of the molecule is CC(C)C[C@@H]1NC(=O)[C@@H]2C[C@H](NCc3nc4ccccc4s3)CN2C1=O. The summed E-state index contributed by atoms with van der Waals surface area (Å²) in [6.45, 7) is 5.39. The average molecular weight is 372 g/mol. The summed E-state index contributed by atoms with van der Waals surface area (Å²) in [4.78, 5) is 31.5. The van der Waals surface area contributed by atoms with Crippen LogP contribution >= 0.6 is 11.3 Å². The minimum absolute atomic E-state index is 0.0143. The van der Waals surface area contributed by atoms with Gasteiger partial charge in [0, 0.05) is 19.1 Å². The highest BCUT2D eigenvalue weighted by atomic mass is 32.1. The third-order valence-corrected chi connectivity index (χ3v) is 6.13. The van der Waals surface area contributed by atoms with Gasteiger partial charge in [0.2, 0.25) is 11.8 Å². The maximum Gasteiger partial charge on any atom is 0.245 e. The van der Waals surface area contributed by atoms with E-state index in [4.69, 9.17) is 0 Å². The predicted octanol–water partition coefficient (Wildman–Crippen LogP) is 1.90. The fraction of sp³-hybridized carbons (Fsp3) is 0.526. The van der Waals surface area contributed by atoms with Gasteiger partial charge in [0.15, 0.2) is 0 Å². The van der Waals surface area contributed by atoms with Crippen molar-refractivity contribution in [2.45, 2.75) is 51.4 Å². The van der Waals surface area contributed by atoms with Crippen LogP contribution in [0.3, 0.4) is 0 Å². The second-order valence-corrected chi connectivity index (χ2v) is 8.70. The Hall–Kier alpha value is -1.99. The van der Waals surface area contributed by atoms with Gasteiger partial charge in [-0.3, -0.25) is 9.59 Å². The average Bonchev–Trinajstić information content (AvgIpc) is 3.21. The summed E-state index contributed by atoms with van der Waals surface area (Å²) in [6, 6.07) is 7.52. The van der Waals surface area contributed by atoms with Crippen LogP contribution in [-0.2, 0) is 16.1 Å². The van der Waals surface area contributed by atoms with Crippen molar-refractivity contribution < 1.29 is 9.59 Å². The summed E-state index contributed by atoms with van der Waals surface area (Å²) >= 11 is 1.68. The highest BCUT2D eigenvalue weighted by molar-refractivity contribution is 7.18. The van der Waals surface area contributed by atoms with E-state index in [9.17, 15) is 9.59 Å². The number of thiazole rings is 1. The fourth-order valence-corrected chi connectivity index (χ4v) is 4.78. The van der Waals surface area contributed by atoms with Gasteiger partial charge in [-0.25, -0.2) is 4.98 Å². The van der Waals surface area contributed by atoms with Gasteiger partial charge in [-0.05, 0) is 30.9 Å². The summed E-state index contributed by atoms with van der Waals surface area (Å²) in [7, 11) is 0. The third kappa shape index (κ3) is 3.33. The number of aromatic nitrogens is 1. The molecule has 4 rings (SSSR count). The molecule has 0 bridgehead atoms. The minimum Gasteiger partial charge on any atom is -0.342 e. The van der Waals surface area contributed by atoms with Crippen LogP contribution in [0.4, 0.5) is 0 Å². The minimum atomic E-state index is -0.373. The number of piperazine rings is 1. The van der Waals surface area contributed by atoms with Crippen LogP contribution in [0.5, 0.6) is 0 Å². The molecule has 0 spiro atoms. The lowest BCUT2D eigenvalue weighted by molar-refractivity contribution is -0.147. The van der Waals surface area contributed by atoms with Gasteiger partial charge in [-0.2, -0.15) is 0 Å². The molecule has 138 valence electrons. The monoisotopic (exact) mass is 372 g/mol. The zero-order valence-electron chi connectivity index (χ0n) is 15.1. The lowest BCUT2D eigenvalue weighted by Crippen LogP contribution is -2.61. The molecular weight excluding hydrogens is 348 g/mol. The third-order valence-electron chi connectivity index (χ3n) is 5.09. The van der Waals surface area contributed by atoms with Crippen molar-refractivity contribution in [1.82, 2.24) is 20.5 Å².